The van der Waals surface area contributed by atoms with Gasteiger partial charge in [-0.05, 0) is 50.4 Å². The standard InChI is InChI=1S/C15H18F3NO2/c1-10(14(20)21)19-8-6-11(7-9-19)12-4-2-3-5-13(12)15(16,17)18/h2-5,10-11H,6-9H2,1H3,(H,20,21). The summed E-state index contributed by atoms with van der Waals surface area (Å²) in [7, 11) is 0. The molecule has 1 aliphatic rings. The Morgan fingerprint density at radius 2 is 1.86 bits per heavy atom. The number of halogens is 3. The second kappa shape index (κ2) is 6.05. The second-order valence-corrected chi connectivity index (χ2v) is 5.41. The number of hydrogen-bond donors (Lipinski definition) is 1. The van der Waals surface area contributed by atoms with Crippen molar-refractivity contribution in [2.45, 2.75) is 37.9 Å². The van der Waals surface area contributed by atoms with Crippen LogP contribution in [0.3, 0.4) is 0 Å². The Morgan fingerprint density at radius 1 is 1.29 bits per heavy atom. The lowest BCUT2D eigenvalue weighted by Crippen LogP contribution is -2.43. The molecule has 0 radical (unpaired) electrons. The molecule has 6 heteroatoms. The maximum absolute atomic E-state index is 13.0. The summed E-state index contributed by atoms with van der Waals surface area (Å²) in [6, 6.07) is 5.07. The van der Waals surface area contributed by atoms with E-state index in [0.717, 1.165) is 6.07 Å². The Bertz CT molecular complexity index is 508. The predicted molar refractivity (Wildman–Crippen MR) is 72.1 cm³/mol. The highest BCUT2D eigenvalue weighted by molar-refractivity contribution is 5.72. The van der Waals surface area contributed by atoms with E-state index in [1.54, 1.807) is 17.9 Å². The van der Waals surface area contributed by atoms with Crippen LogP contribution < -0.4 is 0 Å². The van der Waals surface area contributed by atoms with Crippen molar-refractivity contribution in [3.63, 3.8) is 0 Å². The molecule has 0 aliphatic carbocycles. The average molecular weight is 301 g/mol. The molecule has 1 unspecified atom stereocenters. The van der Waals surface area contributed by atoms with E-state index in [0.29, 0.717) is 31.5 Å². The molecule has 0 saturated carbocycles. The first-order valence-electron chi connectivity index (χ1n) is 6.93. The number of carboxylic acid groups (broad SMARTS) is 1. The van der Waals surface area contributed by atoms with E-state index < -0.39 is 23.8 Å². The monoisotopic (exact) mass is 301 g/mol. The van der Waals surface area contributed by atoms with Crippen molar-refractivity contribution in [2.24, 2.45) is 0 Å². The van der Waals surface area contributed by atoms with Gasteiger partial charge in [0.1, 0.15) is 6.04 Å². The molecule has 1 N–H and O–H groups in total. The number of carbonyl (C=O) groups is 1. The third-order valence-corrected chi connectivity index (χ3v) is 4.14. The lowest BCUT2D eigenvalue weighted by atomic mass is 9.86. The van der Waals surface area contributed by atoms with Gasteiger partial charge in [-0.1, -0.05) is 18.2 Å². The quantitative estimate of drug-likeness (QED) is 0.930. The molecule has 1 aromatic carbocycles. The van der Waals surface area contributed by atoms with E-state index in [1.807, 2.05) is 0 Å². The van der Waals surface area contributed by atoms with E-state index in [9.17, 15) is 18.0 Å². The molecule has 3 nitrogen and oxygen atoms in total. The SMILES string of the molecule is CC(C(=O)O)N1CCC(c2ccccc2C(F)(F)F)CC1. The Morgan fingerprint density at radius 3 is 2.38 bits per heavy atom. The van der Waals surface area contributed by atoms with E-state index in [-0.39, 0.29) is 5.92 Å². The Kier molecular flexibility index (Phi) is 4.56. The number of likely N-dealkylation sites (tertiary alicyclic amines) is 1. The fraction of sp³-hybridized carbons (Fsp3) is 0.533. The van der Waals surface area contributed by atoms with Crippen LogP contribution in [0, 0.1) is 0 Å². The minimum Gasteiger partial charge on any atom is -0.480 e. The van der Waals surface area contributed by atoms with Crippen LogP contribution in [0.1, 0.15) is 36.8 Å². The summed E-state index contributed by atoms with van der Waals surface area (Å²) in [6.07, 6.45) is -3.25. The van der Waals surface area contributed by atoms with Crippen LogP contribution in [-0.4, -0.2) is 35.1 Å². The summed E-state index contributed by atoms with van der Waals surface area (Å²) in [4.78, 5) is 12.7. The highest BCUT2D eigenvalue weighted by atomic mass is 19.4. The van der Waals surface area contributed by atoms with Gasteiger partial charge in [-0.3, -0.25) is 9.69 Å². The fourth-order valence-electron chi connectivity index (χ4n) is 2.87. The zero-order chi connectivity index (χ0) is 15.6. The van der Waals surface area contributed by atoms with Gasteiger partial charge in [0.15, 0.2) is 0 Å². The lowest BCUT2D eigenvalue weighted by Gasteiger charge is -2.35. The Hall–Kier alpha value is -1.56. The first-order valence-corrected chi connectivity index (χ1v) is 6.93. The minimum absolute atomic E-state index is 0.167. The number of carboxylic acids is 1. The molecule has 21 heavy (non-hydrogen) atoms. The number of piperidine rings is 1. The number of rotatable bonds is 3. The molecule has 1 saturated heterocycles. The number of hydrogen-bond acceptors (Lipinski definition) is 2. The van der Waals surface area contributed by atoms with Crippen molar-refractivity contribution in [1.29, 1.82) is 0 Å². The van der Waals surface area contributed by atoms with Crippen molar-refractivity contribution in [2.75, 3.05) is 13.1 Å². The van der Waals surface area contributed by atoms with E-state index in [1.165, 1.54) is 12.1 Å². The van der Waals surface area contributed by atoms with Crippen molar-refractivity contribution in [1.82, 2.24) is 4.90 Å². The summed E-state index contributed by atoms with van der Waals surface area (Å²) in [5.74, 6) is -1.07. The Balaban J connectivity index is 2.11. The van der Waals surface area contributed by atoms with E-state index >= 15 is 0 Å². The summed E-state index contributed by atoms with van der Waals surface area (Å²) >= 11 is 0. The number of nitrogens with zero attached hydrogens (tertiary/aromatic N) is 1. The molecule has 0 aromatic heterocycles. The molecule has 2 rings (SSSR count). The van der Waals surface area contributed by atoms with Crippen molar-refractivity contribution in [3.05, 3.63) is 35.4 Å². The van der Waals surface area contributed by atoms with Crippen LogP contribution >= 0.6 is 0 Å². The van der Waals surface area contributed by atoms with Gasteiger partial charge in [0.05, 0.1) is 5.56 Å². The zero-order valence-electron chi connectivity index (χ0n) is 11.7. The average Bonchev–Trinajstić information content (AvgIpc) is 2.45. The van der Waals surface area contributed by atoms with Gasteiger partial charge >= 0.3 is 12.1 Å². The third kappa shape index (κ3) is 3.56. The molecule has 1 atom stereocenters. The van der Waals surface area contributed by atoms with Gasteiger partial charge in [-0.15, -0.1) is 0 Å². The van der Waals surface area contributed by atoms with Crippen LogP contribution in [0.25, 0.3) is 0 Å². The van der Waals surface area contributed by atoms with Crippen molar-refractivity contribution < 1.29 is 23.1 Å². The molecule has 0 spiro atoms. The van der Waals surface area contributed by atoms with Crippen molar-refractivity contribution in [3.8, 4) is 0 Å². The molecular weight excluding hydrogens is 283 g/mol. The van der Waals surface area contributed by atoms with Crippen molar-refractivity contribution >= 4 is 5.97 Å². The van der Waals surface area contributed by atoms with Crippen LogP contribution in [0.5, 0.6) is 0 Å². The maximum Gasteiger partial charge on any atom is 0.416 e. The molecule has 116 valence electrons. The minimum atomic E-state index is -4.35. The zero-order valence-corrected chi connectivity index (χ0v) is 11.7. The van der Waals surface area contributed by atoms with Crippen LogP contribution in [0.4, 0.5) is 13.2 Å². The van der Waals surface area contributed by atoms with Crippen LogP contribution in [-0.2, 0) is 11.0 Å². The number of aliphatic carboxylic acids is 1. The van der Waals surface area contributed by atoms with Crippen LogP contribution in [0.15, 0.2) is 24.3 Å². The maximum atomic E-state index is 13.0. The van der Waals surface area contributed by atoms with Gasteiger partial charge in [-0.25, -0.2) is 0 Å². The molecule has 0 bridgehead atoms. The highest BCUT2D eigenvalue weighted by Gasteiger charge is 2.36. The first-order chi connectivity index (χ1) is 9.80. The topological polar surface area (TPSA) is 40.5 Å². The normalized spacial score (nSPS) is 19.4. The molecule has 1 heterocycles. The molecule has 0 amide bonds. The summed E-state index contributed by atoms with van der Waals surface area (Å²) in [6.45, 7) is 2.61. The highest BCUT2D eigenvalue weighted by Crippen LogP contribution is 2.38. The molecule has 1 fully saturated rings. The van der Waals surface area contributed by atoms with E-state index in [4.69, 9.17) is 5.11 Å². The smallest absolute Gasteiger partial charge is 0.416 e. The van der Waals surface area contributed by atoms with Gasteiger partial charge in [0.2, 0.25) is 0 Å². The lowest BCUT2D eigenvalue weighted by molar-refractivity contribution is -0.143. The van der Waals surface area contributed by atoms with Gasteiger partial charge in [0, 0.05) is 0 Å². The number of benzene rings is 1. The van der Waals surface area contributed by atoms with Gasteiger partial charge < -0.3 is 5.11 Å². The predicted octanol–water partition coefficient (Wildman–Crippen LogP) is 3.36. The Labute approximate surface area is 121 Å². The van der Waals surface area contributed by atoms with Gasteiger partial charge in [0.25, 0.3) is 0 Å². The number of alkyl halides is 3. The summed E-state index contributed by atoms with van der Waals surface area (Å²) < 4.78 is 39.1. The largest absolute Gasteiger partial charge is 0.480 e. The molecular formula is C15H18F3NO2. The summed E-state index contributed by atoms with van der Waals surface area (Å²) in [5, 5.41) is 8.98. The molecule has 1 aromatic rings. The summed E-state index contributed by atoms with van der Waals surface area (Å²) in [5.41, 5.74) is -0.248. The van der Waals surface area contributed by atoms with Crippen LogP contribution in [0.2, 0.25) is 0 Å². The van der Waals surface area contributed by atoms with Gasteiger partial charge in [-0.2, -0.15) is 13.2 Å². The first kappa shape index (κ1) is 15.8. The molecule has 1 aliphatic heterocycles. The van der Waals surface area contributed by atoms with E-state index in [2.05, 4.69) is 0 Å². The third-order valence-electron chi connectivity index (χ3n) is 4.14. The second-order valence-electron chi connectivity index (χ2n) is 5.41. The fourth-order valence-corrected chi connectivity index (χ4v) is 2.87.